The zero-order valence-electron chi connectivity index (χ0n) is 13.5. The third-order valence-electron chi connectivity index (χ3n) is 4.04. The van der Waals surface area contributed by atoms with E-state index in [2.05, 4.69) is 17.2 Å². The van der Waals surface area contributed by atoms with Crippen LogP contribution < -0.4 is 10.1 Å². The van der Waals surface area contributed by atoms with E-state index in [9.17, 15) is 0 Å². The topological polar surface area (TPSA) is 43.4 Å². The number of hydrogen-bond acceptors (Lipinski definition) is 4. The van der Waals surface area contributed by atoms with Crippen LogP contribution >= 0.6 is 0 Å². The molecule has 0 amide bonds. The summed E-state index contributed by atoms with van der Waals surface area (Å²) in [6.45, 7) is 5.90. The molecule has 0 bridgehead atoms. The van der Waals surface area contributed by atoms with E-state index >= 15 is 0 Å². The maximum absolute atomic E-state index is 6.03. The van der Waals surface area contributed by atoms with Gasteiger partial charge < -0.3 is 14.8 Å². The van der Waals surface area contributed by atoms with Crippen molar-refractivity contribution in [2.45, 2.75) is 64.7 Å². The number of methoxy groups -OCH3 is 1. The number of hydrogen-bond donors (Lipinski definition) is 1. The summed E-state index contributed by atoms with van der Waals surface area (Å²) >= 11 is 0. The predicted molar refractivity (Wildman–Crippen MR) is 84.7 cm³/mol. The monoisotopic (exact) mass is 292 g/mol. The summed E-state index contributed by atoms with van der Waals surface area (Å²) in [5.41, 5.74) is 1.93. The molecule has 4 nitrogen and oxygen atoms in total. The first-order valence-electron chi connectivity index (χ1n) is 8.07. The molecule has 1 N–H and O–H groups in total. The molecule has 0 spiro atoms. The van der Waals surface area contributed by atoms with Crippen LogP contribution in [-0.4, -0.2) is 30.8 Å². The Morgan fingerprint density at radius 2 is 2.00 bits per heavy atom. The molecule has 1 aromatic heterocycles. The van der Waals surface area contributed by atoms with Crippen LogP contribution in [0.3, 0.4) is 0 Å². The SMILES string of the molecule is CCCNC1CCC(OCc2cc(OC)cc(C)n2)CC1. The van der Waals surface area contributed by atoms with E-state index in [1.54, 1.807) is 7.11 Å². The summed E-state index contributed by atoms with van der Waals surface area (Å²) in [5.74, 6) is 0.855. The Hall–Kier alpha value is -1.13. The normalized spacial score (nSPS) is 22.2. The first-order chi connectivity index (χ1) is 10.2. The fraction of sp³-hybridized carbons (Fsp3) is 0.706. The quantitative estimate of drug-likeness (QED) is 0.838. The van der Waals surface area contributed by atoms with E-state index in [0.717, 1.165) is 36.5 Å². The Morgan fingerprint density at radius 3 is 2.67 bits per heavy atom. The minimum Gasteiger partial charge on any atom is -0.497 e. The van der Waals surface area contributed by atoms with Crippen molar-refractivity contribution < 1.29 is 9.47 Å². The molecule has 1 fully saturated rings. The van der Waals surface area contributed by atoms with Gasteiger partial charge in [0.2, 0.25) is 0 Å². The van der Waals surface area contributed by atoms with Crippen LogP contribution in [0.5, 0.6) is 5.75 Å². The van der Waals surface area contributed by atoms with E-state index in [-0.39, 0.29) is 0 Å². The lowest BCUT2D eigenvalue weighted by Gasteiger charge is -2.29. The van der Waals surface area contributed by atoms with Crippen molar-refractivity contribution >= 4 is 0 Å². The molecule has 118 valence electrons. The number of nitrogens with zero attached hydrogens (tertiary/aromatic N) is 1. The van der Waals surface area contributed by atoms with Crippen LogP contribution in [0.1, 0.15) is 50.4 Å². The Labute approximate surface area is 128 Å². The average molecular weight is 292 g/mol. The summed E-state index contributed by atoms with van der Waals surface area (Å²) in [4.78, 5) is 4.50. The van der Waals surface area contributed by atoms with E-state index < -0.39 is 0 Å². The molecule has 1 aliphatic rings. The summed E-state index contributed by atoms with van der Waals surface area (Å²) in [7, 11) is 1.68. The maximum Gasteiger partial charge on any atom is 0.122 e. The zero-order chi connectivity index (χ0) is 15.1. The van der Waals surface area contributed by atoms with Gasteiger partial charge in [-0.25, -0.2) is 0 Å². The average Bonchev–Trinajstić information content (AvgIpc) is 2.51. The second kappa shape index (κ2) is 8.35. The molecule has 0 saturated heterocycles. The van der Waals surface area contributed by atoms with Crippen LogP contribution in [0.25, 0.3) is 0 Å². The number of ether oxygens (including phenoxy) is 2. The van der Waals surface area contributed by atoms with Crippen molar-refractivity contribution in [1.29, 1.82) is 0 Å². The second-order valence-electron chi connectivity index (χ2n) is 5.88. The van der Waals surface area contributed by atoms with Crippen molar-refractivity contribution in [3.63, 3.8) is 0 Å². The third-order valence-corrected chi connectivity index (χ3v) is 4.04. The highest BCUT2D eigenvalue weighted by molar-refractivity contribution is 5.26. The van der Waals surface area contributed by atoms with Gasteiger partial charge in [0.25, 0.3) is 0 Å². The zero-order valence-corrected chi connectivity index (χ0v) is 13.5. The van der Waals surface area contributed by atoms with Crippen molar-refractivity contribution in [2.24, 2.45) is 0 Å². The van der Waals surface area contributed by atoms with Gasteiger partial charge >= 0.3 is 0 Å². The van der Waals surface area contributed by atoms with Crippen molar-refractivity contribution in [3.05, 3.63) is 23.5 Å². The van der Waals surface area contributed by atoms with Crippen LogP contribution in [0.4, 0.5) is 0 Å². The third kappa shape index (κ3) is 5.29. The first-order valence-corrected chi connectivity index (χ1v) is 8.07. The fourth-order valence-electron chi connectivity index (χ4n) is 2.88. The van der Waals surface area contributed by atoms with Crippen LogP contribution in [0, 0.1) is 6.92 Å². The molecule has 2 rings (SSSR count). The Kier molecular flexibility index (Phi) is 6.46. The van der Waals surface area contributed by atoms with E-state index in [0.29, 0.717) is 18.8 Å². The lowest BCUT2D eigenvalue weighted by molar-refractivity contribution is 0.00972. The fourth-order valence-corrected chi connectivity index (χ4v) is 2.88. The van der Waals surface area contributed by atoms with Gasteiger partial charge in [0.15, 0.2) is 0 Å². The molecule has 0 unspecified atom stereocenters. The largest absolute Gasteiger partial charge is 0.497 e. The number of aryl methyl sites for hydroxylation is 1. The van der Waals surface area contributed by atoms with Gasteiger partial charge in [0.1, 0.15) is 5.75 Å². The minimum atomic E-state index is 0.373. The summed E-state index contributed by atoms with van der Waals surface area (Å²) < 4.78 is 11.3. The van der Waals surface area contributed by atoms with Gasteiger partial charge in [-0.2, -0.15) is 0 Å². The maximum atomic E-state index is 6.03. The predicted octanol–water partition coefficient (Wildman–Crippen LogP) is 3.23. The smallest absolute Gasteiger partial charge is 0.122 e. The van der Waals surface area contributed by atoms with Crippen LogP contribution in [-0.2, 0) is 11.3 Å². The molecule has 0 atom stereocenters. The van der Waals surface area contributed by atoms with Gasteiger partial charge in [-0.3, -0.25) is 4.98 Å². The highest BCUT2D eigenvalue weighted by atomic mass is 16.5. The van der Waals surface area contributed by atoms with Crippen molar-refractivity contribution in [1.82, 2.24) is 10.3 Å². The summed E-state index contributed by atoms with van der Waals surface area (Å²) in [6, 6.07) is 4.58. The van der Waals surface area contributed by atoms with E-state index in [1.807, 2.05) is 19.1 Å². The lowest BCUT2D eigenvalue weighted by Crippen LogP contribution is -2.35. The van der Waals surface area contributed by atoms with Crippen molar-refractivity contribution in [2.75, 3.05) is 13.7 Å². The van der Waals surface area contributed by atoms with E-state index in [1.165, 1.54) is 19.3 Å². The minimum absolute atomic E-state index is 0.373. The molecule has 4 heteroatoms. The first kappa shape index (κ1) is 16.2. The van der Waals surface area contributed by atoms with Gasteiger partial charge in [-0.05, 0) is 45.6 Å². The standard InChI is InChI=1S/C17H28N2O2/c1-4-9-18-14-5-7-16(8-6-14)21-12-15-11-17(20-3)10-13(2)19-15/h10-11,14,16,18H,4-9,12H2,1-3H3. The highest BCUT2D eigenvalue weighted by Crippen LogP contribution is 2.23. The molecule has 1 aliphatic carbocycles. The Bertz CT molecular complexity index is 429. The molecule has 0 aromatic carbocycles. The van der Waals surface area contributed by atoms with Crippen molar-refractivity contribution in [3.8, 4) is 5.75 Å². The van der Waals surface area contributed by atoms with Crippen LogP contribution in [0.15, 0.2) is 12.1 Å². The summed E-state index contributed by atoms with van der Waals surface area (Å²) in [5, 5.41) is 3.60. The molecular formula is C17H28N2O2. The molecule has 0 radical (unpaired) electrons. The van der Waals surface area contributed by atoms with Gasteiger partial charge in [-0.1, -0.05) is 6.92 Å². The van der Waals surface area contributed by atoms with E-state index in [4.69, 9.17) is 9.47 Å². The number of nitrogens with one attached hydrogen (secondary N) is 1. The van der Waals surface area contributed by atoms with Gasteiger partial charge in [0, 0.05) is 23.9 Å². The van der Waals surface area contributed by atoms with Crippen LogP contribution in [0.2, 0.25) is 0 Å². The number of pyridine rings is 1. The van der Waals surface area contributed by atoms with Gasteiger partial charge in [-0.15, -0.1) is 0 Å². The highest BCUT2D eigenvalue weighted by Gasteiger charge is 2.21. The molecular weight excluding hydrogens is 264 g/mol. The second-order valence-corrected chi connectivity index (χ2v) is 5.88. The Morgan fingerprint density at radius 1 is 1.24 bits per heavy atom. The molecule has 21 heavy (non-hydrogen) atoms. The Balaban J connectivity index is 1.75. The molecule has 1 heterocycles. The summed E-state index contributed by atoms with van der Waals surface area (Å²) in [6.07, 6.45) is 6.30. The lowest BCUT2D eigenvalue weighted by atomic mass is 9.93. The molecule has 0 aliphatic heterocycles. The number of aromatic nitrogens is 1. The number of rotatable bonds is 7. The van der Waals surface area contributed by atoms with Gasteiger partial charge in [0.05, 0.1) is 25.5 Å². The molecule has 1 saturated carbocycles. The molecule has 1 aromatic rings.